The van der Waals surface area contributed by atoms with E-state index in [1.165, 1.54) is 16.2 Å². The second kappa shape index (κ2) is 6.38. The van der Waals surface area contributed by atoms with E-state index in [1.54, 1.807) is 13.1 Å². The first-order valence-electron chi connectivity index (χ1n) is 8.35. The van der Waals surface area contributed by atoms with Gasteiger partial charge in [-0.15, -0.1) is 11.3 Å². The molecule has 2 aromatic carbocycles. The molecule has 132 valence electrons. The van der Waals surface area contributed by atoms with Gasteiger partial charge < -0.3 is 5.73 Å². The minimum absolute atomic E-state index is 0.176. The van der Waals surface area contributed by atoms with E-state index in [1.807, 2.05) is 60.0 Å². The molecule has 1 atom stereocenters. The van der Waals surface area contributed by atoms with Crippen LogP contribution in [-0.4, -0.2) is 23.8 Å². The highest BCUT2D eigenvalue weighted by Gasteiger charge is 2.50. The summed E-state index contributed by atoms with van der Waals surface area (Å²) in [6.07, 6.45) is 0. The average Bonchev–Trinajstić information content (AvgIpc) is 3.29. The number of nitrogens with two attached hydrogens (primary N) is 1. The number of aliphatic imine (C=N–C) groups is 1. The fourth-order valence-electron chi connectivity index (χ4n) is 3.26. The van der Waals surface area contributed by atoms with Crippen LogP contribution in [0.25, 0.3) is 11.1 Å². The monoisotopic (exact) mass is 372 g/mol. The molecule has 3 aromatic rings. The lowest BCUT2D eigenvalue weighted by molar-refractivity contribution is -0.129. The fraction of sp³-hybridized carbons (Fsp3) is 0.0952. The van der Waals surface area contributed by atoms with Crippen LogP contribution in [0.4, 0.5) is 0 Å². The van der Waals surface area contributed by atoms with Crippen LogP contribution in [0.15, 0.2) is 71.0 Å². The van der Waals surface area contributed by atoms with Crippen molar-refractivity contribution in [1.29, 1.82) is 5.26 Å². The van der Waals surface area contributed by atoms with E-state index in [9.17, 15) is 4.79 Å². The van der Waals surface area contributed by atoms with Crippen LogP contribution in [0.2, 0.25) is 0 Å². The van der Waals surface area contributed by atoms with Crippen molar-refractivity contribution >= 4 is 23.2 Å². The molecule has 27 heavy (non-hydrogen) atoms. The molecular formula is C21H16N4OS. The number of guanidine groups is 1. The lowest BCUT2D eigenvalue weighted by atomic mass is 9.87. The van der Waals surface area contributed by atoms with Gasteiger partial charge in [-0.1, -0.05) is 42.5 Å². The van der Waals surface area contributed by atoms with Crippen LogP contribution < -0.4 is 5.73 Å². The highest BCUT2D eigenvalue weighted by atomic mass is 32.1. The highest BCUT2D eigenvalue weighted by Crippen LogP contribution is 2.43. The van der Waals surface area contributed by atoms with E-state index in [-0.39, 0.29) is 11.9 Å². The summed E-state index contributed by atoms with van der Waals surface area (Å²) in [6, 6.07) is 21.0. The van der Waals surface area contributed by atoms with E-state index in [4.69, 9.17) is 11.0 Å². The van der Waals surface area contributed by atoms with Crippen LogP contribution in [0.5, 0.6) is 0 Å². The first kappa shape index (κ1) is 17.0. The molecule has 1 aromatic heterocycles. The molecule has 0 saturated carbocycles. The van der Waals surface area contributed by atoms with Crippen molar-refractivity contribution in [2.75, 3.05) is 7.05 Å². The van der Waals surface area contributed by atoms with Crippen molar-refractivity contribution in [2.24, 2.45) is 10.7 Å². The number of thiophene rings is 1. The molecule has 0 radical (unpaired) electrons. The Kier molecular flexibility index (Phi) is 4.02. The van der Waals surface area contributed by atoms with Crippen molar-refractivity contribution < 1.29 is 4.79 Å². The van der Waals surface area contributed by atoms with Gasteiger partial charge in [0.25, 0.3) is 5.91 Å². The number of carbonyl (C=O) groups excluding carboxylic acids is 1. The van der Waals surface area contributed by atoms with Gasteiger partial charge in [-0.2, -0.15) is 5.26 Å². The minimum Gasteiger partial charge on any atom is -0.369 e. The molecule has 1 amide bonds. The Balaban J connectivity index is 1.88. The smallest absolute Gasteiger partial charge is 0.267 e. The lowest BCUT2D eigenvalue weighted by Crippen LogP contribution is -2.40. The number of benzene rings is 2. The van der Waals surface area contributed by atoms with E-state index < -0.39 is 5.54 Å². The Morgan fingerprint density at radius 1 is 1.11 bits per heavy atom. The summed E-state index contributed by atoms with van der Waals surface area (Å²) < 4.78 is 0. The number of nitrogens with zero attached hydrogens (tertiary/aromatic N) is 3. The molecule has 0 saturated heterocycles. The summed E-state index contributed by atoms with van der Waals surface area (Å²) in [6.45, 7) is 0. The number of carbonyl (C=O) groups is 1. The summed E-state index contributed by atoms with van der Waals surface area (Å²) in [4.78, 5) is 20.0. The summed E-state index contributed by atoms with van der Waals surface area (Å²) in [5, 5.41) is 11.1. The fourth-order valence-corrected chi connectivity index (χ4v) is 4.33. The Morgan fingerprint density at radius 2 is 1.89 bits per heavy atom. The third-order valence-corrected chi connectivity index (χ3v) is 5.75. The Hall–Kier alpha value is -3.43. The van der Waals surface area contributed by atoms with Crippen LogP contribution in [0.3, 0.4) is 0 Å². The Labute approximate surface area is 161 Å². The summed E-state index contributed by atoms with van der Waals surface area (Å²) in [5.41, 5.74) is 8.07. The van der Waals surface area contributed by atoms with Crippen LogP contribution in [0.1, 0.15) is 16.0 Å². The van der Waals surface area contributed by atoms with E-state index >= 15 is 0 Å². The van der Waals surface area contributed by atoms with E-state index in [0.717, 1.165) is 21.6 Å². The molecule has 1 unspecified atom stereocenters. The quantitative estimate of drug-likeness (QED) is 0.766. The maximum Gasteiger partial charge on any atom is 0.267 e. The van der Waals surface area contributed by atoms with Gasteiger partial charge in [-0.05, 0) is 40.3 Å². The standard InChI is InChI=1S/C21H16N4OS/c1-25-19(26)21(24-20(25)23,17-8-3-2-4-9-17)18-11-16(13-27-18)15-7-5-6-14(10-15)12-22/h2-11,13H,1H3,(H2,23,24). The highest BCUT2D eigenvalue weighted by molar-refractivity contribution is 7.10. The minimum atomic E-state index is -1.17. The summed E-state index contributed by atoms with van der Waals surface area (Å²) in [5.74, 6) is 0.0238. The Morgan fingerprint density at radius 3 is 2.56 bits per heavy atom. The number of amides is 1. The molecule has 0 spiro atoms. The van der Waals surface area contributed by atoms with Crippen LogP contribution in [0, 0.1) is 11.3 Å². The van der Waals surface area contributed by atoms with Gasteiger partial charge in [0.05, 0.1) is 11.6 Å². The first-order valence-corrected chi connectivity index (χ1v) is 9.23. The van der Waals surface area contributed by atoms with E-state index in [2.05, 4.69) is 11.1 Å². The third-order valence-electron chi connectivity index (χ3n) is 4.71. The van der Waals surface area contributed by atoms with Crippen molar-refractivity contribution in [1.82, 2.24) is 4.90 Å². The second-order valence-corrected chi connectivity index (χ2v) is 7.21. The summed E-state index contributed by atoms with van der Waals surface area (Å²) in [7, 11) is 1.64. The largest absolute Gasteiger partial charge is 0.369 e. The zero-order chi connectivity index (χ0) is 19.0. The predicted octanol–water partition coefficient (Wildman–Crippen LogP) is 3.32. The molecule has 0 aliphatic carbocycles. The first-order chi connectivity index (χ1) is 13.1. The maximum absolute atomic E-state index is 13.2. The maximum atomic E-state index is 13.2. The second-order valence-electron chi connectivity index (χ2n) is 6.30. The SMILES string of the molecule is CN1C(=O)C(c2ccccc2)(c2cc(-c3cccc(C#N)c3)cs2)N=C1N. The van der Waals surface area contributed by atoms with Crippen LogP contribution >= 0.6 is 11.3 Å². The van der Waals surface area contributed by atoms with Crippen molar-refractivity contribution in [3.05, 3.63) is 82.0 Å². The number of hydrogen-bond acceptors (Lipinski definition) is 5. The molecule has 0 fully saturated rings. The topological polar surface area (TPSA) is 82.5 Å². The number of nitriles is 1. The van der Waals surface area contributed by atoms with Crippen molar-refractivity contribution in [2.45, 2.75) is 5.54 Å². The van der Waals surface area contributed by atoms with Gasteiger partial charge in [0.15, 0.2) is 5.96 Å². The molecule has 2 heterocycles. The zero-order valence-corrected chi connectivity index (χ0v) is 15.4. The third kappa shape index (κ3) is 2.60. The molecule has 1 aliphatic rings. The molecule has 1 aliphatic heterocycles. The number of likely N-dealkylation sites (N-methyl/N-ethyl adjacent to an activating group) is 1. The van der Waals surface area contributed by atoms with Gasteiger partial charge in [-0.3, -0.25) is 9.69 Å². The molecule has 5 nitrogen and oxygen atoms in total. The van der Waals surface area contributed by atoms with Gasteiger partial charge in [0, 0.05) is 11.9 Å². The van der Waals surface area contributed by atoms with Gasteiger partial charge >= 0.3 is 0 Å². The van der Waals surface area contributed by atoms with Gasteiger partial charge in [-0.25, -0.2) is 4.99 Å². The zero-order valence-electron chi connectivity index (χ0n) is 14.6. The van der Waals surface area contributed by atoms with Crippen LogP contribution in [-0.2, 0) is 10.3 Å². The van der Waals surface area contributed by atoms with Crippen molar-refractivity contribution in [3.63, 3.8) is 0 Å². The number of hydrogen-bond donors (Lipinski definition) is 1. The normalized spacial score (nSPS) is 19.0. The van der Waals surface area contributed by atoms with Gasteiger partial charge in [0.1, 0.15) is 0 Å². The molecule has 6 heteroatoms. The molecule has 2 N–H and O–H groups in total. The molecule has 4 rings (SSSR count). The Bertz CT molecular complexity index is 1100. The van der Waals surface area contributed by atoms with E-state index in [0.29, 0.717) is 5.56 Å². The lowest BCUT2D eigenvalue weighted by Gasteiger charge is -2.24. The molecule has 0 bridgehead atoms. The number of rotatable bonds is 3. The van der Waals surface area contributed by atoms with Crippen molar-refractivity contribution in [3.8, 4) is 17.2 Å². The average molecular weight is 372 g/mol. The molecular weight excluding hydrogens is 356 g/mol. The van der Waals surface area contributed by atoms with Gasteiger partial charge in [0.2, 0.25) is 5.54 Å². The predicted molar refractivity (Wildman–Crippen MR) is 106 cm³/mol. The summed E-state index contributed by atoms with van der Waals surface area (Å²) >= 11 is 1.46.